The third-order valence-corrected chi connectivity index (χ3v) is 2.60. The van der Waals surface area contributed by atoms with E-state index in [-0.39, 0.29) is 18.7 Å². The van der Waals surface area contributed by atoms with Gasteiger partial charge in [-0.05, 0) is 26.8 Å². The first-order chi connectivity index (χ1) is 10.7. The fourth-order valence-corrected chi connectivity index (χ4v) is 1.61. The van der Waals surface area contributed by atoms with Crippen LogP contribution in [0.5, 0.6) is 0 Å². The summed E-state index contributed by atoms with van der Waals surface area (Å²) in [6.07, 6.45) is 2.90. The lowest BCUT2D eigenvalue weighted by atomic mass is 10.2. The summed E-state index contributed by atoms with van der Waals surface area (Å²) in [7, 11) is 0. The summed E-state index contributed by atoms with van der Waals surface area (Å²) in [4.78, 5) is 11.3. The number of hydrogen-bond acceptors (Lipinski definition) is 3. The second-order valence-corrected chi connectivity index (χ2v) is 5.84. The Hall–Kier alpha value is -2.02. The van der Waals surface area contributed by atoms with Crippen molar-refractivity contribution in [3.63, 3.8) is 0 Å². The summed E-state index contributed by atoms with van der Waals surface area (Å²) < 4.78 is 44.2. The van der Waals surface area contributed by atoms with Gasteiger partial charge >= 0.3 is 6.09 Å². The Kier molecular flexibility index (Phi) is 7.09. The molecule has 0 radical (unpaired) electrons. The molecule has 1 aromatic rings. The molecule has 0 saturated heterocycles. The van der Waals surface area contributed by atoms with Gasteiger partial charge in [0.2, 0.25) is 0 Å². The second kappa shape index (κ2) is 8.57. The molecule has 23 heavy (non-hydrogen) atoms. The van der Waals surface area contributed by atoms with Crippen LogP contribution in [-0.2, 0) is 11.3 Å². The number of benzene rings is 1. The van der Waals surface area contributed by atoms with Crippen LogP contribution in [0.2, 0.25) is 0 Å². The van der Waals surface area contributed by atoms with E-state index in [0.717, 1.165) is 6.07 Å². The molecule has 128 valence electrons. The molecule has 0 bridgehead atoms. The van der Waals surface area contributed by atoms with Gasteiger partial charge in [0.05, 0.1) is 0 Å². The molecule has 0 heterocycles. The van der Waals surface area contributed by atoms with Crippen LogP contribution in [0, 0.1) is 17.5 Å². The molecule has 1 aromatic carbocycles. The molecule has 0 aliphatic heterocycles. The van der Waals surface area contributed by atoms with Gasteiger partial charge in [0.1, 0.15) is 11.4 Å². The summed E-state index contributed by atoms with van der Waals surface area (Å²) in [6.45, 7) is 6.04. The number of nitrogens with one attached hydrogen (secondary N) is 2. The largest absolute Gasteiger partial charge is 0.444 e. The van der Waals surface area contributed by atoms with Crippen LogP contribution >= 0.6 is 0 Å². The van der Waals surface area contributed by atoms with Crippen molar-refractivity contribution in [2.75, 3.05) is 13.1 Å². The third-order valence-electron chi connectivity index (χ3n) is 2.60. The van der Waals surface area contributed by atoms with E-state index in [4.69, 9.17) is 4.74 Å². The van der Waals surface area contributed by atoms with Crippen molar-refractivity contribution in [1.82, 2.24) is 10.6 Å². The first-order valence-corrected chi connectivity index (χ1v) is 7.15. The van der Waals surface area contributed by atoms with Gasteiger partial charge in [-0.1, -0.05) is 12.2 Å². The molecular weight excluding hydrogens is 309 g/mol. The minimum atomic E-state index is -1.21. The SMILES string of the molecule is CC(C)(C)OC(=O)NC/C=C/CNCc1cc(F)c(F)cc1F. The number of hydrogen-bond donors (Lipinski definition) is 2. The Morgan fingerprint density at radius 3 is 2.35 bits per heavy atom. The molecule has 2 N–H and O–H groups in total. The van der Waals surface area contributed by atoms with Crippen LogP contribution in [0.3, 0.4) is 0 Å². The highest BCUT2D eigenvalue weighted by atomic mass is 19.2. The monoisotopic (exact) mass is 330 g/mol. The van der Waals surface area contributed by atoms with Crippen molar-refractivity contribution < 1.29 is 22.7 Å². The Morgan fingerprint density at radius 1 is 1.09 bits per heavy atom. The molecule has 0 atom stereocenters. The summed E-state index contributed by atoms with van der Waals surface area (Å²) in [5.41, 5.74) is -0.506. The second-order valence-electron chi connectivity index (χ2n) is 5.84. The molecule has 1 amide bonds. The molecule has 0 aliphatic rings. The number of carbonyl (C=O) groups excluding carboxylic acids is 1. The molecule has 1 rings (SSSR count). The zero-order valence-corrected chi connectivity index (χ0v) is 13.4. The van der Waals surface area contributed by atoms with E-state index in [1.54, 1.807) is 32.9 Å². The van der Waals surface area contributed by atoms with E-state index in [0.29, 0.717) is 12.6 Å². The van der Waals surface area contributed by atoms with Crippen LogP contribution < -0.4 is 10.6 Å². The number of alkyl carbamates (subject to hydrolysis) is 1. The van der Waals surface area contributed by atoms with Crippen molar-refractivity contribution in [2.24, 2.45) is 0 Å². The minimum Gasteiger partial charge on any atom is -0.444 e. The summed E-state index contributed by atoms with van der Waals surface area (Å²) in [6, 6.07) is 1.35. The molecular formula is C16H21F3N2O2. The topological polar surface area (TPSA) is 50.4 Å². The van der Waals surface area contributed by atoms with E-state index in [1.165, 1.54) is 0 Å². The number of carbonyl (C=O) groups is 1. The molecule has 4 nitrogen and oxygen atoms in total. The van der Waals surface area contributed by atoms with E-state index in [2.05, 4.69) is 10.6 Å². The lowest BCUT2D eigenvalue weighted by Crippen LogP contribution is -2.32. The van der Waals surface area contributed by atoms with Crippen molar-refractivity contribution >= 4 is 6.09 Å². The summed E-state index contributed by atoms with van der Waals surface area (Å²) in [5.74, 6) is -3.09. The fraction of sp³-hybridized carbons (Fsp3) is 0.438. The van der Waals surface area contributed by atoms with Gasteiger partial charge in [-0.3, -0.25) is 0 Å². The maximum Gasteiger partial charge on any atom is 0.407 e. The van der Waals surface area contributed by atoms with E-state index < -0.39 is 29.1 Å². The van der Waals surface area contributed by atoms with Crippen LogP contribution in [0.15, 0.2) is 24.3 Å². The van der Waals surface area contributed by atoms with Crippen molar-refractivity contribution in [3.05, 3.63) is 47.3 Å². The highest BCUT2D eigenvalue weighted by molar-refractivity contribution is 5.67. The van der Waals surface area contributed by atoms with Crippen molar-refractivity contribution in [1.29, 1.82) is 0 Å². The van der Waals surface area contributed by atoms with Crippen molar-refractivity contribution in [3.8, 4) is 0 Å². The normalized spacial score (nSPS) is 11.7. The zero-order valence-electron chi connectivity index (χ0n) is 13.4. The first kappa shape index (κ1) is 19.0. The molecule has 0 unspecified atom stereocenters. The number of rotatable bonds is 6. The average molecular weight is 330 g/mol. The van der Waals surface area contributed by atoms with Gasteiger partial charge in [0.25, 0.3) is 0 Å². The van der Waals surface area contributed by atoms with Gasteiger partial charge in [-0.15, -0.1) is 0 Å². The van der Waals surface area contributed by atoms with Crippen LogP contribution in [-0.4, -0.2) is 24.8 Å². The molecule has 0 spiro atoms. The van der Waals surface area contributed by atoms with E-state index >= 15 is 0 Å². The van der Waals surface area contributed by atoms with Gasteiger partial charge in [0, 0.05) is 31.3 Å². The average Bonchev–Trinajstić information content (AvgIpc) is 2.41. The number of halogens is 3. The predicted molar refractivity (Wildman–Crippen MR) is 81.4 cm³/mol. The smallest absolute Gasteiger partial charge is 0.407 e. The van der Waals surface area contributed by atoms with E-state index in [1.807, 2.05) is 0 Å². The van der Waals surface area contributed by atoms with Gasteiger partial charge in [-0.2, -0.15) is 0 Å². The Labute approximate surface area is 133 Å². The first-order valence-electron chi connectivity index (χ1n) is 7.15. The molecule has 7 heteroatoms. The van der Waals surface area contributed by atoms with Crippen LogP contribution in [0.1, 0.15) is 26.3 Å². The van der Waals surface area contributed by atoms with Gasteiger partial charge in [0.15, 0.2) is 11.6 Å². The maximum absolute atomic E-state index is 13.4. The standard InChI is InChI=1S/C16H21F3N2O2/c1-16(2,3)23-15(22)21-7-5-4-6-20-10-11-8-13(18)14(19)9-12(11)17/h4-5,8-9,20H,6-7,10H2,1-3H3,(H,21,22)/b5-4+. The highest BCUT2D eigenvalue weighted by Crippen LogP contribution is 2.13. The van der Waals surface area contributed by atoms with Crippen LogP contribution in [0.4, 0.5) is 18.0 Å². The lowest BCUT2D eigenvalue weighted by Gasteiger charge is -2.19. The fourth-order valence-electron chi connectivity index (χ4n) is 1.61. The lowest BCUT2D eigenvalue weighted by molar-refractivity contribution is 0.0534. The Morgan fingerprint density at radius 2 is 1.70 bits per heavy atom. The third kappa shape index (κ3) is 7.69. The Balaban J connectivity index is 2.25. The molecule has 0 fully saturated rings. The van der Waals surface area contributed by atoms with Gasteiger partial charge in [-0.25, -0.2) is 18.0 Å². The quantitative estimate of drug-likeness (QED) is 0.478. The number of ether oxygens (including phenoxy) is 1. The zero-order chi connectivity index (χ0) is 17.5. The highest BCUT2D eigenvalue weighted by Gasteiger charge is 2.14. The molecule has 0 saturated carbocycles. The summed E-state index contributed by atoms with van der Waals surface area (Å²) >= 11 is 0. The summed E-state index contributed by atoms with van der Waals surface area (Å²) in [5, 5.41) is 5.40. The molecule has 0 aromatic heterocycles. The predicted octanol–water partition coefficient (Wildman–Crippen LogP) is 3.27. The maximum atomic E-state index is 13.4. The Bertz CT molecular complexity index is 569. The minimum absolute atomic E-state index is 0.0455. The van der Waals surface area contributed by atoms with E-state index in [9.17, 15) is 18.0 Å². The van der Waals surface area contributed by atoms with Gasteiger partial charge < -0.3 is 15.4 Å². The van der Waals surface area contributed by atoms with Crippen molar-refractivity contribution in [2.45, 2.75) is 32.9 Å². The number of amides is 1. The molecule has 0 aliphatic carbocycles. The van der Waals surface area contributed by atoms with Crippen LogP contribution in [0.25, 0.3) is 0 Å².